The molecule has 0 atom stereocenters. The minimum Gasteiger partial charge on any atom is -0.409 e. The fraction of sp³-hybridized carbons (Fsp3) is 0.333. The van der Waals surface area contributed by atoms with Crippen LogP contribution in [0, 0.1) is 5.82 Å². The number of rotatable bonds is 6. The highest BCUT2D eigenvalue weighted by Crippen LogP contribution is 2.16. The number of unbranched alkanes of at least 4 members (excludes halogenated alkanes) is 1. The second-order valence-corrected chi connectivity index (χ2v) is 4.34. The molecule has 19 heavy (non-hydrogen) atoms. The molecule has 0 radical (unpaired) electrons. The van der Waals surface area contributed by atoms with Gasteiger partial charge in [0, 0.05) is 13.0 Å². The van der Waals surface area contributed by atoms with Crippen molar-refractivity contribution in [3.63, 3.8) is 0 Å². The highest BCUT2D eigenvalue weighted by Gasteiger charge is 2.10. The molecule has 0 saturated carbocycles. The third-order valence-electron chi connectivity index (χ3n) is 2.45. The predicted molar refractivity (Wildman–Crippen MR) is 71.0 cm³/mol. The van der Waals surface area contributed by atoms with E-state index in [0.717, 1.165) is 6.07 Å². The summed E-state index contributed by atoms with van der Waals surface area (Å²) in [6.45, 7) is 0.436. The monoisotopic (exact) mass is 287 g/mol. The molecule has 7 heteroatoms. The van der Waals surface area contributed by atoms with E-state index in [2.05, 4.69) is 10.5 Å². The fourth-order valence-corrected chi connectivity index (χ4v) is 1.70. The van der Waals surface area contributed by atoms with Gasteiger partial charge in [0.2, 0.25) is 0 Å². The Labute approximate surface area is 115 Å². The second-order valence-electron chi connectivity index (χ2n) is 3.93. The summed E-state index contributed by atoms with van der Waals surface area (Å²) in [7, 11) is 0. The van der Waals surface area contributed by atoms with Gasteiger partial charge >= 0.3 is 0 Å². The van der Waals surface area contributed by atoms with Crippen LogP contribution in [0.3, 0.4) is 0 Å². The molecule has 0 fully saturated rings. The lowest BCUT2D eigenvalue weighted by Crippen LogP contribution is -2.25. The number of amides is 1. The van der Waals surface area contributed by atoms with Crippen LogP contribution in [0.2, 0.25) is 5.02 Å². The maximum atomic E-state index is 12.8. The van der Waals surface area contributed by atoms with Crippen molar-refractivity contribution in [1.29, 1.82) is 0 Å². The molecule has 4 N–H and O–H groups in total. The van der Waals surface area contributed by atoms with Crippen LogP contribution in [-0.2, 0) is 0 Å². The Morgan fingerprint density at radius 3 is 2.84 bits per heavy atom. The Hall–Kier alpha value is -1.82. The zero-order valence-corrected chi connectivity index (χ0v) is 11.0. The minimum absolute atomic E-state index is 0.0779. The van der Waals surface area contributed by atoms with E-state index < -0.39 is 5.82 Å². The van der Waals surface area contributed by atoms with Crippen molar-refractivity contribution in [3.05, 3.63) is 34.6 Å². The molecule has 1 rings (SSSR count). The SMILES string of the molecule is NC(CCCCNC(=O)c1ccc(F)cc1Cl)=NO. The van der Waals surface area contributed by atoms with E-state index in [1.807, 2.05) is 0 Å². The summed E-state index contributed by atoms with van der Waals surface area (Å²) in [6.07, 6.45) is 1.83. The summed E-state index contributed by atoms with van der Waals surface area (Å²) in [4.78, 5) is 11.7. The average Bonchev–Trinajstić information content (AvgIpc) is 2.37. The summed E-state index contributed by atoms with van der Waals surface area (Å²) in [6, 6.07) is 3.61. The van der Waals surface area contributed by atoms with Crippen molar-refractivity contribution in [2.24, 2.45) is 10.9 Å². The van der Waals surface area contributed by atoms with Gasteiger partial charge in [-0.2, -0.15) is 0 Å². The standard InChI is InChI=1S/C12H15ClFN3O2/c13-10-7-8(14)4-5-9(10)12(18)16-6-2-1-3-11(15)17-19/h4-5,7,19H,1-3,6H2,(H2,15,17)(H,16,18). The smallest absolute Gasteiger partial charge is 0.252 e. The summed E-state index contributed by atoms with van der Waals surface area (Å²) in [5, 5.41) is 13.9. The number of nitrogens with zero attached hydrogens (tertiary/aromatic N) is 1. The first-order valence-electron chi connectivity index (χ1n) is 5.74. The summed E-state index contributed by atoms with van der Waals surface area (Å²) in [5.41, 5.74) is 5.54. The van der Waals surface area contributed by atoms with Crippen LogP contribution in [0.25, 0.3) is 0 Å². The molecule has 1 aromatic carbocycles. The second kappa shape index (κ2) is 7.58. The van der Waals surface area contributed by atoms with Gasteiger partial charge in [-0.3, -0.25) is 4.79 Å². The van der Waals surface area contributed by atoms with Crippen molar-refractivity contribution >= 4 is 23.3 Å². The number of nitrogens with two attached hydrogens (primary N) is 1. The number of carbonyl (C=O) groups excluding carboxylic acids is 1. The minimum atomic E-state index is -0.486. The first-order valence-corrected chi connectivity index (χ1v) is 6.12. The largest absolute Gasteiger partial charge is 0.409 e. The number of hydrogen-bond acceptors (Lipinski definition) is 3. The van der Waals surface area contributed by atoms with Crippen LogP contribution in [0.5, 0.6) is 0 Å². The highest BCUT2D eigenvalue weighted by molar-refractivity contribution is 6.33. The van der Waals surface area contributed by atoms with Crippen LogP contribution >= 0.6 is 11.6 Å². The summed E-state index contributed by atoms with van der Waals surface area (Å²) < 4.78 is 12.8. The normalized spacial score (nSPS) is 11.4. The molecule has 1 aromatic rings. The summed E-state index contributed by atoms with van der Waals surface area (Å²) in [5.74, 6) is -0.679. The molecule has 0 aromatic heterocycles. The molecule has 104 valence electrons. The number of nitrogens with one attached hydrogen (secondary N) is 1. The molecule has 0 aliphatic heterocycles. The Balaban J connectivity index is 2.35. The van der Waals surface area contributed by atoms with E-state index in [-0.39, 0.29) is 22.3 Å². The van der Waals surface area contributed by atoms with Crippen LogP contribution < -0.4 is 11.1 Å². The molecule has 0 heterocycles. The van der Waals surface area contributed by atoms with Crippen molar-refractivity contribution < 1.29 is 14.4 Å². The first kappa shape index (κ1) is 15.2. The molecule has 0 spiro atoms. The van der Waals surface area contributed by atoms with Crippen molar-refractivity contribution in [2.75, 3.05) is 6.54 Å². The molecular formula is C12H15ClFN3O2. The number of benzene rings is 1. The van der Waals surface area contributed by atoms with Crippen LogP contribution in [0.15, 0.2) is 23.4 Å². The molecule has 0 aliphatic rings. The molecule has 0 aliphatic carbocycles. The van der Waals surface area contributed by atoms with Gasteiger partial charge in [0.25, 0.3) is 5.91 Å². The fourth-order valence-electron chi connectivity index (χ4n) is 1.45. The molecule has 0 saturated heterocycles. The zero-order valence-electron chi connectivity index (χ0n) is 10.2. The molecular weight excluding hydrogens is 273 g/mol. The maximum Gasteiger partial charge on any atom is 0.252 e. The number of oxime groups is 1. The number of carbonyl (C=O) groups is 1. The van der Waals surface area contributed by atoms with Gasteiger partial charge in [0.05, 0.1) is 10.6 Å². The Morgan fingerprint density at radius 1 is 1.47 bits per heavy atom. The van der Waals surface area contributed by atoms with E-state index in [1.165, 1.54) is 12.1 Å². The van der Waals surface area contributed by atoms with E-state index in [1.54, 1.807) is 0 Å². The lowest BCUT2D eigenvalue weighted by atomic mass is 10.2. The van der Waals surface area contributed by atoms with E-state index in [4.69, 9.17) is 22.5 Å². The van der Waals surface area contributed by atoms with Crippen LogP contribution in [0.4, 0.5) is 4.39 Å². The summed E-state index contributed by atoms with van der Waals surface area (Å²) >= 11 is 5.76. The Morgan fingerprint density at radius 2 is 2.21 bits per heavy atom. The topological polar surface area (TPSA) is 87.7 Å². The Bertz CT molecular complexity index is 480. The van der Waals surface area contributed by atoms with Crippen LogP contribution in [-0.4, -0.2) is 23.5 Å². The van der Waals surface area contributed by atoms with E-state index in [0.29, 0.717) is 25.8 Å². The van der Waals surface area contributed by atoms with Gasteiger partial charge in [0.1, 0.15) is 11.7 Å². The first-order chi connectivity index (χ1) is 9.04. The van der Waals surface area contributed by atoms with Gasteiger partial charge < -0.3 is 16.3 Å². The van der Waals surface area contributed by atoms with Crippen LogP contribution in [0.1, 0.15) is 29.6 Å². The van der Waals surface area contributed by atoms with Crippen molar-refractivity contribution in [3.8, 4) is 0 Å². The average molecular weight is 288 g/mol. The highest BCUT2D eigenvalue weighted by atomic mass is 35.5. The predicted octanol–water partition coefficient (Wildman–Crippen LogP) is 2.13. The molecule has 0 bridgehead atoms. The van der Waals surface area contributed by atoms with Gasteiger partial charge in [0.15, 0.2) is 0 Å². The number of halogens is 2. The molecule has 5 nitrogen and oxygen atoms in total. The molecule has 1 amide bonds. The molecule has 0 unspecified atom stereocenters. The van der Waals surface area contributed by atoms with Gasteiger partial charge in [-0.05, 0) is 31.0 Å². The van der Waals surface area contributed by atoms with Crippen molar-refractivity contribution in [1.82, 2.24) is 5.32 Å². The Kier molecular flexibility index (Phi) is 6.08. The van der Waals surface area contributed by atoms with Gasteiger partial charge in [-0.15, -0.1) is 0 Å². The van der Waals surface area contributed by atoms with E-state index in [9.17, 15) is 9.18 Å². The van der Waals surface area contributed by atoms with Crippen molar-refractivity contribution in [2.45, 2.75) is 19.3 Å². The third kappa shape index (κ3) is 5.13. The lowest BCUT2D eigenvalue weighted by molar-refractivity contribution is 0.0953. The van der Waals surface area contributed by atoms with E-state index >= 15 is 0 Å². The maximum absolute atomic E-state index is 12.8. The zero-order chi connectivity index (χ0) is 14.3. The van der Waals surface area contributed by atoms with Gasteiger partial charge in [-0.25, -0.2) is 4.39 Å². The number of hydrogen-bond donors (Lipinski definition) is 3. The quantitative estimate of drug-likeness (QED) is 0.246. The van der Waals surface area contributed by atoms with Gasteiger partial charge in [-0.1, -0.05) is 16.8 Å². The number of amidine groups is 1. The lowest BCUT2D eigenvalue weighted by Gasteiger charge is -2.06. The third-order valence-corrected chi connectivity index (χ3v) is 2.76.